The first-order valence-corrected chi connectivity index (χ1v) is 4.86. The fourth-order valence-electron chi connectivity index (χ4n) is 1.78. The van der Waals surface area contributed by atoms with Crippen molar-refractivity contribution in [3.63, 3.8) is 0 Å². The second-order valence-corrected chi connectivity index (χ2v) is 3.58. The summed E-state index contributed by atoms with van der Waals surface area (Å²) in [5, 5.41) is 16.4. The van der Waals surface area contributed by atoms with E-state index in [1.165, 1.54) is 18.1 Å². The molecule has 0 aromatic heterocycles. The fourth-order valence-corrected chi connectivity index (χ4v) is 1.78. The maximum atomic E-state index is 10.8. The molecule has 1 aliphatic carbocycles. The number of allylic oxidation sites excluding steroid dienone is 2. The molecule has 0 bridgehead atoms. The molecule has 4 nitrogen and oxygen atoms in total. The van der Waals surface area contributed by atoms with Crippen LogP contribution in [0.2, 0.25) is 0 Å². The number of aliphatic hydroxyl groups is 1. The lowest BCUT2D eigenvalue weighted by Gasteiger charge is -2.15. The van der Waals surface area contributed by atoms with Crippen LogP contribution in [0.5, 0.6) is 0 Å². The molecule has 0 aromatic rings. The maximum Gasteiger partial charge on any atom is 0.330 e. The summed E-state index contributed by atoms with van der Waals surface area (Å²) in [5.74, 6) is -0.946. The molecule has 0 aromatic carbocycles. The number of nitrogens with zero attached hydrogens (tertiary/aromatic N) is 2. The zero-order chi connectivity index (χ0) is 9.97. The van der Waals surface area contributed by atoms with E-state index in [2.05, 4.69) is 10.2 Å². The van der Waals surface area contributed by atoms with Gasteiger partial charge in [-0.15, -0.1) is 10.2 Å². The van der Waals surface area contributed by atoms with Crippen LogP contribution in [-0.4, -0.2) is 11.0 Å². The molecule has 2 rings (SSSR count). The SMILES string of the molecule is O=C1N=NC(=C2CCCCC2)C=C1O. The minimum atomic E-state index is -0.648. The summed E-state index contributed by atoms with van der Waals surface area (Å²) in [6, 6.07) is 0. The molecular formula is C10H12N2O2. The van der Waals surface area contributed by atoms with Crippen molar-refractivity contribution in [1.82, 2.24) is 0 Å². The average molecular weight is 192 g/mol. The number of hydrogen-bond acceptors (Lipinski definition) is 3. The Morgan fingerprint density at radius 2 is 1.86 bits per heavy atom. The minimum Gasteiger partial charge on any atom is -0.503 e. The number of aliphatic hydroxyl groups excluding tert-OH is 1. The van der Waals surface area contributed by atoms with Crippen molar-refractivity contribution in [2.75, 3.05) is 0 Å². The summed E-state index contributed by atoms with van der Waals surface area (Å²) < 4.78 is 0. The summed E-state index contributed by atoms with van der Waals surface area (Å²) in [6.07, 6.45) is 7.02. The maximum absolute atomic E-state index is 10.8. The Morgan fingerprint density at radius 1 is 1.14 bits per heavy atom. The Kier molecular flexibility index (Phi) is 2.43. The van der Waals surface area contributed by atoms with Crippen LogP contribution in [0.1, 0.15) is 32.1 Å². The monoisotopic (exact) mass is 192 g/mol. The van der Waals surface area contributed by atoms with Crippen molar-refractivity contribution in [1.29, 1.82) is 0 Å². The smallest absolute Gasteiger partial charge is 0.330 e. The molecule has 1 aliphatic heterocycles. The van der Waals surface area contributed by atoms with Crippen molar-refractivity contribution in [2.24, 2.45) is 10.2 Å². The van der Waals surface area contributed by atoms with E-state index in [1.54, 1.807) is 0 Å². The van der Waals surface area contributed by atoms with Crippen LogP contribution in [0.3, 0.4) is 0 Å². The quantitative estimate of drug-likeness (QED) is 0.641. The summed E-state index contributed by atoms with van der Waals surface area (Å²) in [6.45, 7) is 0. The van der Waals surface area contributed by atoms with Crippen molar-refractivity contribution < 1.29 is 9.90 Å². The van der Waals surface area contributed by atoms with E-state index in [4.69, 9.17) is 0 Å². The van der Waals surface area contributed by atoms with Gasteiger partial charge in [-0.2, -0.15) is 0 Å². The second kappa shape index (κ2) is 3.74. The normalized spacial score (nSPS) is 22.6. The molecule has 1 fully saturated rings. The van der Waals surface area contributed by atoms with Crippen molar-refractivity contribution in [2.45, 2.75) is 32.1 Å². The topological polar surface area (TPSA) is 62.0 Å². The Balaban J connectivity index is 2.26. The van der Waals surface area contributed by atoms with E-state index in [0.29, 0.717) is 5.70 Å². The van der Waals surface area contributed by atoms with Gasteiger partial charge < -0.3 is 5.11 Å². The lowest BCUT2D eigenvalue weighted by atomic mass is 9.93. The van der Waals surface area contributed by atoms with Crippen LogP contribution in [0.25, 0.3) is 0 Å². The number of rotatable bonds is 0. The van der Waals surface area contributed by atoms with Gasteiger partial charge in [-0.3, -0.25) is 4.79 Å². The summed E-state index contributed by atoms with van der Waals surface area (Å²) in [4.78, 5) is 10.8. The highest BCUT2D eigenvalue weighted by atomic mass is 16.3. The lowest BCUT2D eigenvalue weighted by Crippen LogP contribution is -2.04. The number of azo groups is 1. The zero-order valence-electron chi connectivity index (χ0n) is 7.86. The molecular weight excluding hydrogens is 180 g/mol. The Morgan fingerprint density at radius 3 is 2.50 bits per heavy atom. The number of hydrogen-bond donors (Lipinski definition) is 1. The van der Waals surface area contributed by atoms with Crippen molar-refractivity contribution >= 4 is 5.91 Å². The average Bonchev–Trinajstić information content (AvgIpc) is 2.23. The third-order valence-electron chi connectivity index (χ3n) is 2.56. The van der Waals surface area contributed by atoms with Crippen LogP contribution < -0.4 is 0 Å². The highest BCUT2D eigenvalue weighted by Crippen LogP contribution is 2.28. The number of amides is 1. The van der Waals surface area contributed by atoms with Gasteiger partial charge >= 0.3 is 5.91 Å². The minimum absolute atomic E-state index is 0.298. The first-order valence-electron chi connectivity index (χ1n) is 4.86. The van der Waals surface area contributed by atoms with Crippen LogP contribution in [-0.2, 0) is 4.79 Å². The van der Waals surface area contributed by atoms with Gasteiger partial charge in [0.1, 0.15) is 0 Å². The van der Waals surface area contributed by atoms with Crippen LogP contribution in [0.4, 0.5) is 0 Å². The van der Waals surface area contributed by atoms with Crippen LogP contribution >= 0.6 is 0 Å². The van der Waals surface area contributed by atoms with E-state index >= 15 is 0 Å². The second-order valence-electron chi connectivity index (χ2n) is 3.58. The van der Waals surface area contributed by atoms with Gasteiger partial charge in [-0.1, -0.05) is 6.42 Å². The molecule has 1 saturated carbocycles. The zero-order valence-corrected chi connectivity index (χ0v) is 7.86. The summed E-state index contributed by atoms with van der Waals surface area (Å²) in [7, 11) is 0. The lowest BCUT2D eigenvalue weighted by molar-refractivity contribution is -0.117. The van der Waals surface area contributed by atoms with E-state index in [0.717, 1.165) is 25.7 Å². The largest absolute Gasteiger partial charge is 0.503 e. The van der Waals surface area contributed by atoms with Gasteiger partial charge in [0.15, 0.2) is 5.76 Å². The summed E-state index contributed by atoms with van der Waals surface area (Å²) >= 11 is 0. The number of carbonyl (C=O) groups excluding carboxylic acids is 1. The molecule has 0 atom stereocenters. The van der Waals surface area contributed by atoms with Gasteiger partial charge in [0.2, 0.25) is 0 Å². The molecule has 2 aliphatic rings. The molecule has 74 valence electrons. The molecule has 1 N–H and O–H groups in total. The molecule has 0 spiro atoms. The Bertz CT molecular complexity index is 345. The summed E-state index contributed by atoms with van der Waals surface area (Å²) in [5.41, 5.74) is 1.89. The predicted octanol–water partition coefficient (Wildman–Crippen LogP) is 2.64. The van der Waals surface area contributed by atoms with E-state index in [1.807, 2.05) is 0 Å². The molecule has 0 saturated heterocycles. The third kappa shape index (κ3) is 1.73. The van der Waals surface area contributed by atoms with Crippen molar-refractivity contribution in [3.05, 3.63) is 23.1 Å². The standard InChI is InChI=1S/C10H12N2O2/c13-9-6-8(11-12-10(9)14)7-4-2-1-3-5-7/h6,13H,1-5H2. The van der Waals surface area contributed by atoms with Crippen LogP contribution in [0, 0.1) is 0 Å². The van der Waals surface area contributed by atoms with Gasteiger partial charge in [0, 0.05) is 6.08 Å². The fraction of sp³-hybridized carbons (Fsp3) is 0.500. The third-order valence-corrected chi connectivity index (χ3v) is 2.56. The highest BCUT2D eigenvalue weighted by molar-refractivity contribution is 5.92. The molecule has 14 heavy (non-hydrogen) atoms. The van der Waals surface area contributed by atoms with E-state index < -0.39 is 5.91 Å². The Hall–Kier alpha value is -1.45. The van der Waals surface area contributed by atoms with Crippen LogP contribution in [0.15, 0.2) is 33.3 Å². The Labute approximate surface area is 82.0 Å². The van der Waals surface area contributed by atoms with Gasteiger partial charge in [0.05, 0.1) is 5.70 Å². The molecule has 0 unspecified atom stereocenters. The predicted molar refractivity (Wildman–Crippen MR) is 50.7 cm³/mol. The van der Waals surface area contributed by atoms with Gasteiger partial charge in [-0.25, -0.2) is 0 Å². The first kappa shape index (κ1) is 9.12. The van der Waals surface area contributed by atoms with E-state index in [-0.39, 0.29) is 5.76 Å². The van der Waals surface area contributed by atoms with Gasteiger partial charge in [-0.05, 0) is 31.3 Å². The van der Waals surface area contributed by atoms with Crippen molar-refractivity contribution in [3.8, 4) is 0 Å². The number of carbonyl (C=O) groups is 1. The van der Waals surface area contributed by atoms with E-state index in [9.17, 15) is 9.90 Å². The first-order chi connectivity index (χ1) is 6.77. The molecule has 1 heterocycles. The highest BCUT2D eigenvalue weighted by Gasteiger charge is 2.16. The molecule has 0 radical (unpaired) electrons. The molecule has 1 amide bonds. The molecule has 4 heteroatoms. The van der Waals surface area contributed by atoms with Gasteiger partial charge in [0.25, 0.3) is 0 Å².